The lowest BCUT2D eigenvalue weighted by molar-refractivity contribution is -0.118. The van der Waals surface area contributed by atoms with Crippen LogP contribution in [0.15, 0.2) is 41.3 Å². The van der Waals surface area contributed by atoms with E-state index in [0.717, 1.165) is 12.8 Å². The van der Waals surface area contributed by atoms with Crippen LogP contribution in [0.5, 0.6) is 5.75 Å². The molecule has 0 unspecified atom stereocenters. The van der Waals surface area contributed by atoms with Crippen LogP contribution in [-0.4, -0.2) is 31.8 Å². The highest BCUT2D eigenvalue weighted by Gasteiger charge is 2.34. The van der Waals surface area contributed by atoms with Crippen LogP contribution >= 0.6 is 11.6 Å². The minimum atomic E-state index is -3.93. The maximum Gasteiger partial charge on any atom is 0.262 e. The Morgan fingerprint density at radius 2 is 1.93 bits per heavy atom. The van der Waals surface area contributed by atoms with Crippen LogP contribution in [0.3, 0.4) is 0 Å². The second kappa shape index (κ2) is 7.35. The molecule has 2 aromatic rings. The third-order valence-corrected chi connectivity index (χ3v) is 6.99. The number of ether oxygens (including phenoxy) is 1. The van der Waals surface area contributed by atoms with Crippen LogP contribution in [0.1, 0.15) is 18.4 Å². The van der Waals surface area contributed by atoms with Gasteiger partial charge in [0, 0.05) is 19.2 Å². The maximum absolute atomic E-state index is 13.4. The van der Waals surface area contributed by atoms with Gasteiger partial charge in [-0.15, -0.1) is 0 Å². The van der Waals surface area contributed by atoms with E-state index < -0.39 is 10.0 Å². The second-order valence-electron chi connectivity index (χ2n) is 6.98. The molecule has 1 saturated carbocycles. The van der Waals surface area contributed by atoms with Gasteiger partial charge in [0.2, 0.25) is 10.0 Å². The molecule has 0 spiro atoms. The SMILES string of the molecule is O=C1COc2cc(S(=O)(=O)N(Cc3ccc(F)cc3)CC3CC3)c(Cl)cc2N1. The molecular formula is C19H18ClFN2O4S. The van der Waals surface area contributed by atoms with Gasteiger partial charge in [0.15, 0.2) is 6.61 Å². The fourth-order valence-electron chi connectivity index (χ4n) is 3.05. The first-order chi connectivity index (χ1) is 13.3. The fraction of sp³-hybridized carbons (Fsp3) is 0.316. The number of carbonyl (C=O) groups is 1. The molecule has 2 aromatic carbocycles. The molecule has 1 heterocycles. The molecule has 148 valence electrons. The molecule has 4 rings (SSSR count). The molecule has 2 aliphatic rings. The highest BCUT2D eigenvalue weighted by atomic mass is 35.5. The first kappa shape index (κ1) is 19.2. The number of sulfonamides is 1. The first-order valence-electron chi connectivity index (χ1n) is 8.84. The summed E-state index contributed by atoms with van der Waals surface area (Å²) in [6, 6.07) is 8.47. The normalized spacial score (nSPS) is 16.5. The third kappa shape index (κ3) is 3.99. The Balaban J connectivity index is 1.68. The van der Waals surface area contributed by atoms with E-state index in [9.17, 15) is 17.6 Å². The number of halogens is 2. The number of rotatable bonds is 6. The molecule has 1 N–H and O–H groups in total. The van der Waals surface area contributed by atoms with E-state index in [-0.39, 0.29) is 40.5 Å². The molecule has 28 heavy (non-hydrogen) atoms. The molecule has 0 radical (unpaired) electrons. The molecule has 1 fully saturated rings. The molecule has 1 aliphatic heterocycles. The highest BCUT2D eigenvalue weighted by Crippen LogP contribution is 2.38. The van der Waals surface area contributed by atoms with Gasteiger partial charge in [-0.25, -0.2) is 12.8 Å². The minimum Gasteiger partial charge on any atom is -0.482 e. The number of hydrogen-bond donors (Lipinski definition) is 1. The number of hydrogen-bond acceptors (Lipinski definition) is 4. The van der Waals surface area contributed by atoms with E-state index in [1.165, 1.54) is 28.6 Å². The summed E-state index contributed by atoms with van der Waals surface area (Å²) in [5.41, 5.74) is 1.02. The van der Waals surface area contributed by atoms with Crippen molar-refractivity contribution in [3.05, 3.63) is 52.8 Å². The molecule has 0 aromatic heterocycles. The molecule has 0 bridgehead atoms. The predicted molar refractivity (Wildman–Crippen MR) is 102 cm³/mol. The van der Waals surface area contributed by atoms with Crippen LogP contribution in [0.25, 0.3) is 0 Å². The van der Waals surface area contributed by atoms with Crippen LogP contribution in [-0.2, 0) is 21.4 Å². The second-order valence-corrected chi connectivity index (χ2v) is 9.30. The summed E-state index contributed by atoms with van der Waals surface area (Å²) >= 11 is 6.25. The van der Waals surface area contributed by atoms with E-state index in [1.807, 2.05) is 0 Å². The van der Waals surface area contributed by atoms with Gasteiger partial charge in [0.1, 0.15) is 16.5 Å². The zero-order valence-electron chi connectivity index (χ0n) is 14.8. The zero-order chi connectivity index (χ0) is 19.9. The number of benzene rings is 2. The number of nitrogens with zero attached hydrogens (tertiary/aromatic N) is 1. The van der Waals surface area contributed by atoms with Crippen molar-refractivity contribution in [3.8, 4) is 5.75 Å². The van der Waals surface area contributed by atoms with Crippen LogP contribution in [0.2, 0.25) is 5.02 Å². The van der Waals surface area contributed by atoms with Gasteiger partial charge in [-0.3, -0.25) is 4.79 Å². The van der Waals surface area contributed by atoms with Gasteiger partial charge in [0.05, 0.1) is 10.7 Å². The first-order valence-corrected chi connectivity index (χ1v) is 10.7. The summed E-state index contributed by atoms with van der Waals surface area (Å²) in [4.78, 5) is 11.4. The molecule has 6 nitrogen and oxygen atoms in total. The Kier molecular flexibility index (Phi) is 5.03. The topological polar surface area (TPSA) is 75.7 Å². The fourth-order valence-corrected chi connectivity index (χ4v) is 5.07. The summed E-state index contributed by atoms with van der Waals surface area (Å²) in [5, 5.41) is 2.61. The third-order valence-electron chi connectivity index (χ3n) is 4.72. The molecule has 0 atom stereocenters. The van der Waals surface area contributed by atoms with Gasteiger partial charge < -0.3 is 10.1 Å². The summed E-state index contributed by atoms with van der Waals surface area (Å²) in [6.07, 6.45) is 1.95. The molecular weight excluding hydrogens is 407 g/mol. The van der Waals surface area contributed by atoms with Crippen molar-refractivity contribution in [1.29, 1.82) is 0 Å². The van der Waals surface area contributed by atoms with Crippen molar-refractivity contribution in [2.45, 2.75) is 24.3 Å². The molecule has 1 amide bonds. The Morgan fingerprint density at radius 3 is 2.61 bits per heavy atom. The summed E-state index contributed by atoms with van der Waals surface area (Å²) < 4.78 is 46.6. The highest BCUT2D eigenvalue weighted by molar-refractivity contribution is 7.89. The van der Waals surface area contributed by atoms with Crippen molar-refractivity contribution < 1.29 is 22.3 Å². The lowest BCUT2D eigenvalue weighted by Gasteiger charge is -2.25. The van der Waals surface area contributed by atoms with Gasteiger partial charge in [-0.1, -0.05) is 23.7 Å². The van der Waals surface area contributed by atoms with E-state index in [2.05, 4.69) is 5.32 Å². The quantitative estimate of drug-likeness (QED) is 0.771. The standard InChI is InChI=1S/C19H18ClFN2O4S/c20-15-7-16-17(27-11-19(24)22-16)8-18(15)28(25,26)23(9-12-1-2-12)10-13-3-5-14(21)6-4-13/h3-8,12H,1-2,9-11H2,(H,22,24). The predicted octanol–water partition coefficient (Wildman–Crippen LogP) is 3.41. The van der Waals surface area contributed by atoms with E-state index in [1.54, 1.807) is 12.1 Å². The van der Waals surface area contributed by atoms with Crippen LogP contribution in [0.4, 0.5) is 10.1 Å². The zero-order valence-corrected chi connectivity index (χ0v) is 16.4. The lowest BCUT2D eigenvalue weighted by atomic mass is 10.2. The number of amides is 1. The smallest absolute Gasteiger partial charge is 0.262 e. The van der Waals surface area contributed by atoms with Crippen molar-refractivity contribution >= 4 is 33.2 Å². The van der Waals surface area contributed by atoms with Crippen molar-refractivity contribution in [1.82, 2.24) is 4.31 Å². The lowest BCUT2D eigenvalue weighted by Crippen LogP contribution is -2.33. The average Bonchev–Trinajstić information content (AvgIpc) is 3.46. The number of fused-ring (bicyclic) bond motifs is 1. The van der Waals surface area contributed by atoms with Gasteiger partial charge in [-0.05, 0) is 42.5 Å². The molecule has 9 heteroatoms. The van der Waals surface area contributed by atoms with Crippen molar-refractivity contribution in [2.75, 3.05) is 18.5 Å². The van der Waals surface area contributed by atoms with Gasteiger partial charge >= 0.3 is 0 Å². The van der Waals surface area contributed by atoms with Gasteiger partial charge in [0.25, 0.3) is 5.91 Å². The molecule has 1 aliphatic carbocycles. The van der Waals surface area contributed by atoms with Crippen LogP contribution < -0.4 is 10.1 Å². The minimum absolute atomic E-state index is 0.00412. The summed E-state index contributed by atoms with van der Waals surface area (Å²) in [6.45, 7) is 0.296. The van der Waals surface area contributed by atoms with Crippen molar-refractivity contribution in [3.63, 3.8) is 0 Å². The number of carbonyl (C=O) groups excluding carboxylic acids is 1. The summed E-state index contributed by atoms with van der Waals surface area (Å²) in [7, 11) is -3.93. The van der Waals surface area contributed by atoms with Crippen molar-refractivity contribution in [2.24, 2.45) is 5.92 Å². The van der Waals surface area contributed by atoms with E-state index >= 15 is 0 Å². The van der Waals surface area contributed by atoms with Crippen LogP contribution in [0, 0.1) is 11.7 Å². The number of nitrogens with one attached hydrogen (secondary N) is 1. The van der Waals surface area contributed by atoms with Gasteiger partial charge in [-0.2, -0.15) is 4.31 Å². The largest absolute Gasteiger partial charge is 0.482 e. The molecule has 0 saturated heterocycles. The monoisotopic (exact) mass is 424 g/mol. The Labute approximate surface area is 167 Å². The number of anilines is 1. The average molecular weight is 425 g/mol. The van der Waals surface area contributed by atoms with E-state index in [4.69, 9.17) is 16.3 Å². The Bertz CT molecular complexity index is 1020. The Morgan fingerprint density at radius 1 is 1.21 bits per heavy atom. The maximum atomic E-state index is 13.4. The Hall–Kier alpha value is -2.16. The summed E-state index contributed by atoms with van der Waals surface area (Å²) in [5.74, 6) is -0.138. The van der Waals surface area contributed by atoms with E-state index in [0.29, 0.717) is 23.7 Å².